The average molecular weight is 241 g/mol. The lowest BCUT2D eigenvalue weighted by Gasteiger charge is -2.12. The second kappa shape index (κ2) is 5.32. The summed E-state index contributed by atoms with van der Waals surface area (Å²) in [7, 11) is 1.04. The summed E-state index contributed by atoms with van der Waals surface area (Å²) in [5, 5.41) is 8.76. The van der Waals surface area contributed by atoms with Gasteiger partial charge in [0.2, 0.25) is 0 Å². The van der Waals surface area contributed by atoms with Crippen LogP contribution < -0.4 is 5.73 Å². The van der Waals surface area contributed by atoms with Gasteiger partial charge < -0.3 is 10.5 Å². The van der Waals surface area contributed by atoms with Crippen molar-refractivity contribution in [3.63, 3.8) is 0 Å². The molecule has 0 radical (unpaired) electrons. The van der Waals surface area contributed by atoms with Crippen LogP contribution in [0.15, 0.2) is 6.20 Å². The quantitative estimate of drug-likeness (QED) is 0.801. The van der Waals surface area contributed by atoms with E-state index in [2.05, 4.69) is 9.72 Å². The highest BCUT2D eigenvalue weighted by Crippen LogP contribution is 2.28. The number of ether oxygens (including phenoxy) is 1. The first-order valence-electron chi connectivity index (χ1n) is 4.55. The van der Waals surface area contributed by atoms with Crippen molar-refractivity contribution in [3.8, 4) is 6.07 Å². The fraction of sp³-hybridized carbons (Fsp3) is 0.300. The summed E-state index contributed by atoms with van der Waals surface area (Å²) in [6, 6.07) is 1.62. The Kier molecular flexibility index (Phi) is 4.06. The fourth-order valence-electron chi connectivity index (χ4n) is 1.37. The third-order valence-electron chi connectivity index (χ3n) is 2.12. The van der Waals surface area contributed by atoms with Crippen molar-refractivity contribution in [2.24, 2.45) is 5.73 Å². The van der Waals surface area contributed by atoms with E-state index in [0.29, 0.717) is 0 Å². The molecular weight excluding hydrogens is 232 g/mol. The fourth-order valence-corrected chi connectivity index (χ4v) is 1.37. The zero-order valence-electron chi connectivity index (χ0n) is 8.91. The van der Waals surface area contributed by atoms with Crippen molar-refractivity contribution < 1.29 is 18.3 Å². The molecule has 0 bridgehead atoms. The number of alkyl halides is 2. The molecule has 0 atom stereocenters. The number of hydrogen-bond donors (Lipinski definition) is 1. The SMILES string of the molecule is COC(=O)c1c(C#N)cnc(CN)c1C(F)F. The Balaban J connectivity index is 3.59. The summed E-state index contributed by atoms with van der Waals surface area (Å²) in [5.41, 5.74) is 3.76. The number of nitrogens with zero attached hydrogens (tertiary/aromatic N) is 2. The van der Waals surface area contributed by atoms with Crippen LogP contribution in [0.1, 0.15) is 33.6 Å². The molecule has 17 heavy (non-hydrogen) atoms. The van der Waals surface area contributed by atoms with E-state index in [1.165, 1.54) is 0 Å². The zero-order valence-corrected chi connectivity index (χ0v) is 8.91. The number of carbonyl (C=O) groups is 1. The van der Waals surface area contributed by atoms with Crippen molar-refractivity contribution >= 4 is 5.97 Å². The van der Waals surface area contributed by atoms with E-state index in [1.807, 2.05) is 0 Å². The van der Waals surface area contributed by atoms with Gasteiger partial charge in [-0.05, 0) is 0 Å². The van der Waals surface area contributed by atoms with Gasteiger partial charge in [0, 0.05) is 12.7 Å². The topological polar surface area (TPSA) is 89.0 Å². The van der Waals surface area contributed by atoms with E-state index >= 15 is 0 Å². The van der Waals surface area contributed by atoms with Gasteiger partial charge in [-0.15, -0.1) is 0 Å². The summed E-state index contributed by atoms with van der Waals surface area (Å²) in [5.74, 6) is -1.01. The molecule has 5 nitrogen and oxygen atoms in total. The van der Waals surface area contributed by atoms with Gasteiger partial charge >= 0.3 is 5.97 Å². The first kappa shape index (κ1) is 13.0. The molecule has 0 saturated heterocycles. The largest absolute Gasteiger partial charge is 0.465 e. The summed E-state index contributed by atoms with van der Waals surface area (Å²) in [4.78, 5) is 15.0. The third-order valence-corrected chi connectivity index (χ3v) is 2.12. The highest BCUT2D eigenvalue weighted by molar-refractivity contribution is 5.94. The maximum absolute atomic E-state index is 12.9. The monoisotopic (exact) mass is 241 g/mol. The van der Waals surface area contributed by atoms with Gasteiger partial charge in [0.1, 0.15) is 6.07 Å². The highest BCUT2D eigenvalue weighted by atomic mass is 19.3. The smallest absolute Gasteiger partial charge is 0.339 e. The summed E-state index contributed by atoms with van der Waals surface area (Å²) in [6.45, 7) is -0.255. The van der Waals surface area contributed by atoms with Gasteiger partial charge in [0.05, 0.1) is 29.5 Å². The van der Waals surface area contributed by atoms with Crippen LogP contribution in [-0.2, 0) is 11.3 Å². The summed E-state index contributed by atoms with van der Waals surface area (Å²) >= 11 is 0. The van der Waals surface area contributed by atoms with Crippen molar-refractivity contribution in [1.82, 2.24) is 4.98 Å². The van der Waals surface area contributed by atoms with Crippen LogP contribution in [0.25, 0.3) is 0 Å². The summed E-state index contributed by atoms with van der Waals surface area (Å²) in [6.07, 6.45) is -1.93. The predicted molar refractivity (Wildman–Crippen MR) is 53.1 cm³/mol. The van der Waals surface area contributed by atoms with Crippen LogP contribution in [0.3, 0.4) is 0 Å². The van der Waals surface area contributed by atoms with Crippen LogP contribution in [0.5, 0.6) is 0 Å². The minimum atomic E-state index is -2.96. The molecule has 1 rings (SSSR count). The van der Waals surface area contributed by atoms with Gasteiger partial charge in [-0.1, -0.05) is 0 Å². The Morgan fingerprint density at radius 3 is 2.76 bits per heavy atom. The molecule has 0 unspecified atom stereocenters. The molecule has 0 aliphatic heterocycles. The number of rotatable bonds is 3. The minimum Gasteiger partial charge on any atom is -0.465 e. The standard InChI is InChI=1S/C10H9F2N3O2/c1-17-10(16)7-5(2-13)4-15-6(3-14)8(7)9(11)12/h4,9H,3,14H2,1H3. The number of esters is 1. The first-order valence-corrected chi connectivity index (χ1v) is 4.55. The lowest BCUT2D eigenvalue weighted by molar-refractivity contribution is 0.0588. The van der Waals surface area contributed by atoms with E-state index in [4.69, 9.17) is 11.0 Å². The molecule has 0 aliphatic carbocycles. The van der Waals surface area contributed by atoms with E-state index in [9.17, 15) is 13.6 Å². The number of nitrogens with two attached hydrogens (primary N) is 1. The van der Waals surface area contributed by atoms with E-state index in [0.717, 1.165) is 13.3 Å². The average Bonchev–Trinajstić information content (AvgIpc) is 2.35. The van der Waals surface area contributed by atoms with E-state index in [-0.39, 0.29) is 17.8 Å². The molecule has 7 heteroatoms. The molecular formula is C10H9F2N3O2. The third kappa shape index (κ3) is 2.37. The molecule has 0 fully saturated rings. The minimum absolute atomic E-state index is 0.126. The Bertz CT molecular complexity index is 483. The molecule has 0 amide bonds. The van der Waals surface area contributed by atoms with Crippen LogP contribution in [0.2, 0.25) is 0 Å². The number of methoxy groups -OCH3 is 1. The lowest BCUT2D eigenvalue weighted by atomic mass is 10.0. The number of halogens is 2. The second-order valence-corrected chi connectivity index (χ2v) is 3.02. The van der Waals surface area contributed by atoms with Gasteiger partial charge in [-0.3, -0.25) is 4.98 Å². The van der Waals surface area contributed by atoms with Crippen LogP contribution in [0, 0.1) is 11.3 Å². The summed E-state index contributed by atoms with van der Waals surface area (Å²) < 4.78 is 30.1. The zero-order chi connectivity index (χ0) is 13.0. The molecule has 0 aromatic carbocycles. The molecule has 1 heterocycles. The maximum atomic E-state index is 12.9. The Hall–Kier alpha value is -2.07. The van der Waals surface area contributed by atoms with Gasteiger partial charge in [-0.25, -0.2) is 13.6 Å². The van der Waals surface area contributed by atoms with Crippen LogP contribution >= 0.6 is 0 Å². The number of pyridine rings is 1. The molecule has 90 valence electrons. The van der Waals surface area contributed by atoms with E-state index in [1.54, 1.807) is 6.07 Å². The molecule has 0 spiro atoms. The Morgan fingerprint density at radius 2 is 2.35 bits per heavy atom. The van der Waals surface area contributed by atoms with Crippen LogP contribution in [-0.4, -0.2) is 18.1 Å². The van der Waals surface area contributed by atoms with Crippen molar-refractivity contribution in [3.05, 3.63) is 28.6 Å². The number of carbonyl (C=O) groups excluding carboxylic acids is 1. The van der Waals surface area contributed by atoms with Crippen molar-refractivity contribution in [1.29, 1.82) is 5.26 Å². The molecule has 1 aromatic heterocycles. The van der Waals surface area contributed by atoms with Crippen molar-refractivity contribution in [2.45, 2.75) is 13.0 Å². The lowest BCUT2D eigenvalue weighted by Crippen LogP contribution is -2.15. The molecule has 2 N–H and O–H groups in total. The van der Waals surface area contributed by atoms with Gasteiger partial charge in [0.25, 0.3) is 6.43 Å². The van der Waals surface area contributed by atoms with Gasteiger partial charge in [0.15, 0.2) is 0 Å². The number of hydrogen-bond acceptors (Lipinski definition) is 5. The molecule has 1 aromatic rings. The highest BCUT2D eigenvalue weighted by Gasteiger charge is 2.26. The molecule has 0 saturated carbocycles. The normalized spacial score (nSPS) is 10.1. The number of nitriles is 1. The van der Waals surface area contributed by atoms with Crippen LogP contribution in [0.4, 0.5) is 8.78 Å². The predicted octanol–water partition coefficient (Wildman–Crippen LogP) is 1.14. The van der Waals surface area contributed by atoms with E-state index < -0.39 is 23.5 Å². The number of aromatic nitrogens is 1. The Labute approximate surface area is 95.8 Å². The maximum Gasteiger partial charge on any atom is 0.339 e. The van der Waals surface area contributed by atoms with Crippen molar-refractivity contribution in [2.75, 3.05) is 7.11 Å². The Morgan fingerprint density at radius 1 is 1.71 bits per heavy atom. The first-order chi connectivity index (χ1) is 8.06. The second-order valence-electron chi connectivity index (χ2n) is 3.02. The molecule has 0 aliphatic rings. The van der Waals surface area contributed by atoms with Gasteiger partial charge in [-0.2, -0.15) is 5.26 Å².